The summed E-state index contributed by atoms with van der Waals surface area (Å²) in [4.78, 5) is 14.7. The molecule has 2 aromatic carbocycles. The molecule has 1 saturated heterocycles. The fourth-order valence-corrected chi connectivity index (χ4v) is 5.24. The zero-order chi connectivity index (χ0) is 22.3. The van der Waals surface area contributed by atoms with Crippen LogP contribution in [-0.2, 0) is 14.8 Å². The summed E-state index contributed by atoms with van der Waals surface area (Å²) in [5.74, 6) is -2.95. The number of sulfonamides is 1. The molecule has 2 aromatic rings. The molecular weight excluding hydrogens is 429 g/mol. The number of hydrogen-bond acceptors (Lipinski definition) is 3. The number of rotatable bonds is 5. The highest BCUT2D eigenvalue weighted by Crippen LogP contribution is 2.52. The highest BCUT2D eigenvalue weighted by atomic mass is 32.2. The van der Waals surface area contributed by atoms with Crippen molar-refractivity contribution in [2.24, 2.45) is 5.92 Å². The Bertz CT molecular complexity index is 1100. The molecule has 2 aliphatic rings. The fraction of sp³-hybridized carbons (Fsp3) is 0.409. The minimum absolute atomic E-state index is 0.144. The predicted molar refractivity (Wildman–Crippen MR) is 110 cm³/mol. The lowest BCUT2D eigenvalue weighted by atomic mass is 9.94. The van der Waals surface area contributed by atoms with Crippen LogP contribution < -0.4 is 4.72 Å². The molecule has 0 spiro atoms. The number of nitrogens with zero attached hydrogens (tertiary/aromatic N) is 1. The van der Waals surface area contributed by atoms with Crippen molar-refractivity contribution in [2.75, 3.05) is 19.3 Å². The smallest absolute Gasteiger partial charge is 0.226 e. The van der Waals surface area contributed by atoms with E-state index in [4.69, 9.17) is 0 Å². The largest absolute Gasteiger partial charge is 0.341 e. The number of amides is 1. The fourth-order valence-electron chi connectivity index (χ4n) is 4.45. The topological polar surface area (TPSA) is 66.5 Å². The van der Waals surface area contributed by atoms with Gasteiger partial charge in [-0.1, -0.05) is 12.1 Å². The van der Waals surface area contributed by atoms with Gasteiger partial charge in [-0.3, -0.25) is 4.79 Å². The van der Waals surface area contributed by atoms with Crippen LogP contribution in [0.2, 0.25) is 0 Å². The Morgan fingerprint density at radius 3 is 2.52 bits per heavy atom. The number of carbonyl (C=O) groups excluding carboxylic acids is 1. The van der Waals surface area contributed by atoms with E-state index in [0.717, 1.165) is 24.5 Å². The molecule has 0 bridgehead atoms. The molecule has 166 valence electrons. The first-order valence-corrected chi connectivity index (χ1v) is 12.0. The summed E-state index contributed by atoms with van der Waals surface area (Å²) in [5.41, 5.74) is 0.420. The van der Waals surface area contributed by atoms with E-state index >= 15 is 0 Å². The zero-order valence-corrected chi connectivity index (χ0v) is 17.8. The van der Waals surface area contributed by atoms with Gasteiger partial charge in [-0.25, -0.2) is 26.3 Å². The molecule has 1 aliphatic heterocycles. The summed E-state index contributed by atoms with van der Waals surface area (Å²) in [6.45, 7) is 0.787. The third-order valence-electron chi connectivity index (χ3n) is 5.87. The lowest BCUT2D eigenvalue weighted by molar-refractivity contribution is -0.133. The summed E-state index contributed by atoms with van der Waals surface area (Å²) in [7, 11) is -3.38. The Labute approximate surface area is 179 Å². The SMILES string of the molecule is CS(=O)(=O)N[C@@H]1CCCN(C(=O)[C@@H]2C[C@H]2c2cc(F)ccc2-c2c(F)cccc2F)C1. The molecule has 4 rings (SSSR count). The first kappa shape index (κ1) is 21.8. The van der Waals surface area contributed by atoms with E-state index < -0.39 is 33.4 Å². The molecule has 5 nitrogen and oxygen atoms in total. The van der Waals surface area contributed by atoms with E-state index in [1.54, 1.807) is 4.90 Å². The van der Waals surface area contributed by atoms with E-state index in [9.17, 15) is 26.4 Å². The van der Waals surface area contributed by atoms with Crippen molar-refractivity contribution >= 4 is 15.9 Å². The lowest BCUT2D eigenvalue weighted by Crippen LogP contribution is -2.49. The molecular formula is C22H23F3N2O3S. The number of halogens is 3. The summed E-state index contributed by atoms with van der Waals surface area (Å²) in [6.07, 6.45) is 2.84. The van der Waals surface area contributed by atoms with Crippen LogP contribution in [0.5, 0.6) is 0 Å². The third-order valence-corrected chi connectivity index (χ3v) is 6.63. The minimum atomic E-state index is -3.38. The molecule has 0 unspecified atom stereocenters. The quantitative estimate of drug-likeness (QED) is 0.756. The predicted octanol–water partition coefficient (Wildman–Crippen LogP) is 3.41. The first-order chi connectivity index (χ1) is 14.6. The van der Waals surface area contributed by atoms with Crippen molar-refractivity contribution in [3.8, 4) is 11.1 Å². The maximum absolute atomic E-state index is 14.4. The van der Waals surface area contributed by atoms with Gasteiger partial charge in [-0.15, -0.1) is 0 Å². The second kappa shape index (κ2) is 8.27. The molecule has 1 heterocycles. The molecule has 0 radical (unpaired) electrons. The molecule has 2 fully saturated rings. The molecule has 0 aromatic heterocycles. The van der Waals surface area contributed by atoms with E-state index in [2.05, 4.69) is 4.72 Å². The molecule has 1 N–H and O–H groups in total. The Morgan fingerprint density at radius 1 is 1.13 bits per heavy atom. The average Bonchev–Trinajstić information content (AvgIpc) is 3.48. The zero-order valence-electron chi connectivity index (χ0n) is 16.9. The number of nitrogens with one attached hydrogen (secondary N) is 1. The van der Waals surface area contributed by atoms with Gasteiger partial charge < -0.3 is 4.90 Å². The molecule has 1 amide bonds. The van der Waals surface area contributed by atoms with E-state index in [1.165, 1.54) is 18.2 Å². The third kappa shape index (κ3) is 4.77. The number of likely N-dealkylation sites (tertiary alicyclic amines) is 1. The maximum atomic E-state index is 14.4. The first-order valence-electron chi connectivity index (χ1n) is 10.1. The summed E-state index contributed by atoms with van der Waals surface area (Å²) < 4.78 is 68.3. The number of benzene rings is 2. The standard InChI is InChI=1S/C22H23F3N2O3S/c1-31(29,30)26-14-4-3-9-27(12-14)22(28)18-11-17(18)16-10-13(23)7-8-15(16)21-19(24)5-2-6-20(21)25/h2,5-8,10,14,17-18,26H,3-4,9,11-12H2,1H3/t14-,17+,18-/m1/s1. The highest BCUT2D eigenvalue weighted by molar-refractivity contribution is 7.88. The van der Waals surface area contributed by atoms with Crippen molar-refractivity contribution in [3.63, 3.8) is 0 Å². The van der Waals surface area contributed by atoms with E-state index in [-0.39, 0.29) is 35.5 Å². The van der Waals surface area contributed by atoms with Crippen LogP contribution in [0.25, 0.3) is 11.1 Å². The van der Waals surface area contributed by atoms with Crippen molar-refractivity contribution in [1.29, 1.82) is 0 Å². The van der Waals surface area contributed by atoms with Gasteiger partial charge in [0.25, 0.3) is 0 Å². The monoisotopic (exact) mass is 452 g/mol. The van der Waals surface area contributed by atoms with Crippen LogP contribution in [-0.4, -0.2) is 44.6 Å². The van der Waals surface area contributed by atoms with Crippen LogP contribution in [0.15, 0.2) is 36.4 Å². The van der Waals surface area contributed by atoms with E-state index in [0.29, 0.717) is 31.4 Å². The van der Waals surface area contributed by atoms with Crippen LogP contribution in [0.3, 0.4) is 0 Å². The Morgan fingerprint density at radius 2 is 1.84 bits per heavy atom. The number of carbonyl (C=O) groups is 1. The average molecular weight is 452 g/mol. The Balaban J connectivity index is 1.56. The molecule has 9 heteroatoms. The molecule has 3 atom stereocenters. The van der Waals surface area contributed by atoms with Crippen LogP contribution in [0, 0.1) is 23.4 Å². The van der Waals surface area contributed by atoms with Crippen molar-refractivity contribution in [2.45, 2.75) is 31.2 Å². The van der Waals surface area contributed by atoms with Gasteiger partial charge >= 0.3 is 0 Å². The summed E-state index contributed by atoms with van der Waals surface area (Å²) in [6, 6.07) is 6.94. The Kier molecular flexibility index (Phi) is 5.83. The van der Waals surface area contributed by atoms with Crippen molar-refractivity contribution < 1.29 is 26.4 Å². The van der Waals surface area contributed by atoms with E-state index in [1.807, 2.05) is 0 Å². The highest BCUT2D eigenvalue weighted by Gasteiger charge is 2.47. The van der Waals surface area contributed by atoms with Crippen molar-refractivity contribution in [3.05, 3.63) is 59.4 Å². The Hall–Kier alpha value is -2.39. The minimum Gasteiger partial charge on any atom is -0.341 e. The molecule has 31 heavy (non-hydrogen) atoms. The molecule has 1 aliphatic carbocycles. The van der Waals surface area contributed by atoms with Crippen LogP contribution >= 0.6 is 0 Å². The second-order valence-corrected chi connectivity index (χ2v) is 10.1. The van der Waals surface area contributed by atoms with Gasteiger partial charge in [0.05, 0.1) is 11.8 Å². The van der Waals surface area contributed by atoms with Gasteiger partial charge in [-0.05, 0) is 60.6 Å². The van der Waals surface area contributed by atoms with Crippen LogP contribution in [0.4, 0.5) is 13.2 Å². The van der Waals surface area contributed by atoms with Crippen molar-refractivity contribution in [1.82, 2.24) is 9.62 Å². The summed E-state index contributed by atoms with van der Waals surface area (Å²) in [5, 5.41) is 0. The maximum Gasteiger partial charge on any atom is 0.226 e. The normalized spacial score (nSPS) is 23.6. The summed E-state index contributed by atoms with van der Waals surface area (Å²) >= 11 is 0. The van der Waals surface area contributed by atoms with Gasteiger partial charge in [0.15, 0.2) is 0 Å². The lowest BCUT2D eigenvalue weighted by Gasteiger charge is -2.33. The van der Waals surface area contributed by atoms with Gasteiger partial charge in [0, 0.05) is 25.0 Å². The number of piperidine rings is 1. The number of hydrogen-bond donors (Lipinski definition) is 1. The molecule has 1 saturated carbocycles. The van der Waals surface area contributed by atoms with Gasteiger partial charge in [-0.2, -0.15) is 0 Å². The van der Waals surface area contributed by atoms with Gasteiger partial charge in [0.2, 0.25) is 15.9 Å². The second-order valence-electron chi connectivity index (χ2n) is 8.29. The van der Waals surface area contributed by atoms with Crippen LogP contribution in [0.1, 0.15) is 30.7 Å². The van der Waals surface area contributed by atoms with Gasteiger partial charge in [0.1, 0.15) is 17.5 Å².